The Bertz CT molecular complexity index is 639. The van der Waals surface area contributed by atoms with Crippen LogP contribution in [0.5, 0.6) is 11.5 Å². The van der Waals surface area contributed by atoms with Gasteiger partial charge in [-0.05, 0) is 62.6 Å². The van der Waals surface area contributed by atoms with Gasteiger partial charge in [-0.3, -0.25) is 0 Å². The molecule has 0 saturated carbocycles. The monoisotopic (exact) mass is 356 g/mol. The molecule has 4 nitrogen and oxygen atoms in total. The Morgan fingerprint density at radius 2 is 1.50 bits per heavy atom. The molecule has 0 heterocycles. The molecular formula is C22H32N2O2. The first kappa shape index (κ1) is 20.0. The van der Waals surface area contributed by atoms with E-state index in [1.807, 2.05) is 44.2 Å². The minimum absolute atomic E-state index is 0.184. The first-order chi connectivity index (χ1) is 12.5. The standard InChI is InChI=1S/C22H32N2O2/c1-17(2)12-15-25-21-10-8-19(9-11-21)23-13-14-24-20-6-5-7-22(16-20)26-18(3)4/h5-11,16-18,23-24H,12-15H2,1-4H3. The zero-order valence-corrected chi connectivity index (χ0v) is 16.4. The molecule has 0 aromatic heterocycles. The highest BCUT2D eigenvalue weighted by Gasteiger charge is 2.00. The number of benzene rings is 2. The molecule has 0 bridgehead atoms. The molecule has 2 aromatic carbocycles. The van der Waals surface area contributed by atoms with Crippen molar-refractivity contribution in [2.45, 2.75) is 40.2 Å². The van der Waals surface area contributed by atoms with E-state index in [0.717, 1.165) is 49.0 Å². The fourth-order valence-electron chi connectivity index (χ4n) is 2.45. The van der Waals surface area contributed by atoms with Crippen molar-refractivity contribution < 1.29 is 9.47 Å². The minimum Gasteiger partial charge on any atom is -0.494 e. The smallest absolute Gasteiger partial charge is 0.121 e. The van der Waals surface area contributed by atoms with Crippen LogP contribution < -0.4 is 20.1 Å². The van der Waals surface area contributed by atoms with Crippen molar-refractivity contribution in [3.63, 3.8) is 0 Å². The Labute approximate surface area is 157 Å². The van der Waals surface area contributed by atoms with Crippen LogP contribution in [0.3, 0.4) is 0 Å². The van der Waals surface area contributed by atoms with Crippen molar-refractivity contribution in [1.82, 2.24) is 0 Å². The molecule has 142 valence electrons. The molecule has 0 radical (unpaired) electrons. The van der Waals surface area contributed by atoms with Gasteiger partial charge < -0.3 is 20.1 Å². The number of rotatable bonds is 11. The topological polar surface area (TPSA) is 42.5 Å². The van der Waals surface area contributed by atoms with Gasteiger partial charge >= 0.3 is 0 Å². The second-order valence-corrected chi connectivity index (χ2v) is 7.10. The molecule has 2 rings (SSSR count). The minimum atomic E-state index is 0.184. The fourth-order valence-corrected chi connectivity index (χ4v) is 2.45. The van der Waals surface area contributed by atoms with Crippen LogP contribution in [0.4, 0.5) is 11.4 Å². The summed E-state index contributed by atoms with van der Waals surface area (Å²) in [6.45, 7) is 10.9. The largest absolute Gasteiger partial charge is 0.494 e. The molecule has 2 N–H and O–H groups in total. The second kappa shape index (κ2) is 10.6. The maximum Gasteiger partial charge on any atom is 0.121 e. The summed E-state index contributed by atoms with van der Waals surface area (Å²) in [4.78, 5) is 0. The number of hydrogen-bond donors (Lipinski definition) is 2. The molecular weight excluding hydrogens is 324 g/mol. The van der Waals surface area contributed by atoms with Crippen molar-refractivity contribution >= 4 is 11.4 Å². The van der Waals surface area contributed by atoms with Crippen LogP contribution in [0.2, 0.25) is 0 Å². The molecule has 0 aliphatic rings. The van der Waals surface area contributed by atoms with E-state index in [1.54, 1.807) is 0 Å². The van der Waals surface area contributed by atoms with Gasteiger partial charge in [0.2, 0.25) is 0 Å². The third-order valence-corrected chi connectivity index (χ3v) is 3.81. The SMILES string of the molecule is CC(C)CCOc1ccc(NCCNc2cccc(OC(C)C)c2)cc1. The summed E-state index contributed by atoms with van der Waals surface area (Å²) in [5, 5.41) is 6.83. The van der Waals surface area contributed by atoms with E-state index >= 15 is 0 Å². The Balaban J connectivity index is 1.69. The van der Waals surface area contributed by atoms with E-state index in [-0.39, 0.29) is 6.10 Å². The molecule has 0 aliphatic heterocycles. The van der Waals surface area contributed by atoms with Crippen molar-refractivity contribution in [2.24, 2.45) is 5.92 Å². The average molecular weight is 357 g/mol. The van der Waals surface area contributed by atoms with E-state index in [9.17, 15) is 0 Å². The number of nitrogens with one attached hydrogen (secondary N) is 2. The number of ether oxygens (including phenoxy) is 2. The van der Waals surface area contributed by atoms with Gasteiger partial charge in [-0.25, -0.2) is 0 Å². The van der Waals surface area contributed by atoms with Crippen molar-refractivity contribution in [1.29, 1.82) is 0 Å². The lowest BCUT2D eigenvalue weighted by Gasteiger charge is -2.13. The maximum atomic E-state index is 5.74. The molecule has 0 amide bonds. The summed E-state index contributed by atoms with van der Waals surface area (Å²) in [5.41, 5.74) is 2.17. The highest BCUT2D eigenvalue weighted by Crippen LogP contribution is 2.19. The average Bonchev–Trinajstić information content (AvgIpc) is 2.59. The van der Waals surface area contributed by atoms with Crippen LogP contribution >= 0.6 is 0 Å². The highest BCUT2D eigenvalue weighted by molar-refractivity contribution is 5.49. The second-order valence-electron chi connectivity index (χ2n) is 7.10. The number of hydrogen-bond acceptors (Lipinski definition) is 4. The predicted octanol–water partition coefficient (Wildman–Crippen LogP) is 5.42. The molecule has 0 spiro atoms. The molecule has 0 unspecified atom stereocenters. The van der Waals surface area contributed by atoms with Crippen molar-refractivity contribution in [2.75, 3.05) is 30.3 Å². The van der Waals surface area contributed by atoms with Gasteiger partial charge in [0, 0.05) is 30.5 Å². The summed E-state index contributed by atoms with van der Waals surface area (Å²) in [5.74, 6) is 2.49. The molecule has 0 saturated heterocycles. The lowest BCUT2D eigenvalue weighted by Crippen LogP contribution is -2.13. The fraction of sp³-hybridized carbons (Fsp3) is 0.455. The van der Waals surface area contributed by atoms with Crippen molar-refractivity contribution in [3.05, 3.63) is 48.5 Å². The van der Waals surface area contributed by atoms with E-state index in [2.05, 4.69) is 42.7 Å². The van der Waals surface area contributed by atoms with Gasteiger partial charge in [0.15, 0.2) is 0 Å². The molecule has 2 aromatic rings. The van der Waals surface area contributed by atoms with Gasteiger partial charge in [0.1, 0.15) is 11.5 Å². The Morgan fingerprint density at radius 1 is 0.808 bits per heavy atom. The van der Waals surface area contributed by atoms with Gasteiger partial charge in [-0.2, -0.15) is 0 Å². The predicted molar refractivity (Wildman–Crippen MR) is 111 cm³/mol. The van der Waals surface area contributed by atoms with E-state index < -0.39 is 0 Å². The Morgan fingerprint density at radius 3 is 2.15 bits per heavy atom. The normalized spacial score (nSPS) is 10.8. The summed E-state index contributed by atoms with van der Waals surface area (Å²) in [6.07, 6.45) is 1.26. The molecule has 0 atom stereocenters. The quantitative estimate of drug-likeness (QED) is 0.527. The Hall–Kier alpha value is -2.36. The van der Waals surface area contributed by atoms with Crippen LogP contribution in [-0.2, 0) is 0 Å². The first-order valence-corrected chi connectivity index (χ1v) is 9.50. The lowest BCUT2D eigenvalue weighted by atomic mass is 10.1. The van der Waals surface area contributed by atoms with Gasteiger partial charge in [-0.15, -0.1) is 0 Å². The number of anilines is 2. The van der Waals surface area contributed by atoms with Gasteiger partial charge in [0.05, 0.1) is 12.7 Å². The van der Waals surface area contributed by atoms with Crippen LogP contribution in [0.25, 0.3) is 0 Å². The van der Waals surface area contributed by atoms with Crippen LogP contribution in [0.1, 0.15) is 34.1 Å². The molecule has 0 fully saturated rings. The molecule has 0 aliphatic carbocycles. The summed E-state index contributed by atoms with van der Waals surface area (Å²) in [6, 6.07) is 16.2. The lowest BCUT2D eigenvalue weighted by molar-refractivity contribution is 0.242. The molecule has 4 heteroatoms. The molecule has 26 heavy (non-hydrogen) atoms. The zero-order chi connectivity index (χ0) is 18.8. The third-order valence-electron chi connectivity index (χ3n) is 3.81. The van der Waals surface area contributed by atoms with Crippen LogP contribution in [0, 0.1) is 5.92 Å². The summed E-state index contributed by atoms with van der Waals surface area (Å²) in [7, 11) is 0. The van der Waals surface area contributed by atoms with E-state index in [1.165, 1.54) is 0 Å². The van der Waals surface area contributed by atoms with E-state index in [0.29, 0.717) is 5.92 Å². The van der Waals surface area contributed by atoms with Crippen LogP contribution in [0.15, 0.2) is 48.5 Å². The maximum absolute atomic E-state index is 5.74. The van der Waals surface area contributed by atoms with E-state index in [4.69, 9.17) is 9.47 Å². The van der Waals surface area contributed by atoms with Crippen molar-refractivity contribution in [3.8, 4) is 11.5 Å². The third kappa shape index (κ3) is 7.68. The van der Waals surface area contributed by atoms with Crippen LogP contribution in [-0.4, -0.2) is 25.8 Å². The van der Waals surface area contributed by atoms with Gasteiger partial charge in [-0.1, -0.05) is 19.9 Å². The summed E-state index contributed by atoms with van der Waals surface area (Å²) >= 11 is 0. The van der Waals surface area contributed by atoms with Gasteiger partial charge in [0.25, 0.3) is 0 Å². The Kier molecular flexibility index (Phi) is 8.13. The summed E-state index contributed by atoms with van der Waals surface area (Å²) < 4.78 is 11.5. The first-order valence-electron chi connectivity index (χ1n) is 9.50. The highest BCUT2D eigenvalue weighted by atomic mass is 16.5. The zero-order valence-electron chi connectivity index (χ0n) is 16.4.